The van der Waals surface area contributed by atoms with Gasteiger partial charge in [0, 0.05) is 52.5 Å². The Labute approximate surface area is 125 Å². The number of aromatic nitrogens is 1. The second kappa shape index (κ2) is 7.99. The van der Waals surface area contributed by atoms with Crippen molar-refractivity contribution in [3.63, 3.8) is 0 Å². The van der Waals surface area contributed by atoms with Gasteiger partial charge in [-0.3, -0.25) is 4.90 Å². The molecule has 0 unspecified atom stereocenters. The Balaban J connectivity index is 1.66. The molecule has 2 heterocycles. The van der Waals surface area contributed by atoms with Crippen LogP contribution in [0, 0.1) is 6.92 Å². The maximum absolute atomic E-state index is 12.0. The number of carbonyl (C=O) groups excluding carboxylic acids is 1. The summed E-state index contributed by atoms with van der Waals surface area (Å²) in [6, 6.07) is 1.97. The van der Waals surface area contributed by atoms with E-state index in [1.54, 1.807) is 7.11 Å². The van der Waals surface area contributed by atoms with E-state index in [4.69, 9.17) is 9.26 Å². The maximum atomic E-state index is 12.0. The van der Waals surface area contributed by atoms with E-state index in [2.05, 4.69) is 15.4 Å². The van der Waals surface area contributed by atoms with Crippen molar-refractivity contribution in [3.05, 3.63) is 17.5 Å². The number of methoxy groups -OCH3 is 1. The van der Waals surface area contributed by atoms with Crippen molar-refractivity contribution in [3.8, 4) is 0 Å². The molecule has 0 spiro atoms. The van der Waals surface area contributed by atoms with Crippen LogP contribution in [0.4, 0.5) is 4.79 Å². The summed E-state index contributed by atoms with van der Waals surface area (Å²) in [5.41, 5.74) is 0.902. The fraction of sp³-hybridized carbons (Fsp3) is 0.714. The number of hydrogen-bond donors (Lipinski definition) is 1. The molecule has 2 rings (SSSR count). The predicted molar refractivity (Wildman–Crippen MR) is 78.0 cm³/mol. The smallest absolute Gasteiger partial charge is 0.317 e. The average molecular weight is 296 g/mol. The summed E-state index contributed by atoms with van der Waals surface area (Å²) in [6.45, 7) is 7.18. The molecule has 21 heavy (non-hydrogen) atoms. The summed E-state index contributed by atoms with van der Waals surface area (Å²) in [5, 5.41) is 6.80. The number of nitrogens with zero attached hydrogens (tertiary/aromatic N) is 3. The Morgan fingerprint density at radius 3 is 2.81 bits per heavy atom. The zero-order chi connectivity index (χ0) is 15.1. The van der Waals surface area contributed by atoms with E-state index in [0.717, 1.165) is 50.6 Å². The van der Waals surface area contributed by atoms with Crippen LogP contribution < -0.4 is 5.32 Å². The Morgan fingerprint density at radius 1 is 1.43 bits per heavy atom. The highest BCUT2D eigenvalue weighted by Gasteiger charge is 2.21. The van der Waals surface area contributed by atoms with Gasteiger partial charge in [-0.1, -0.05) is 5.16 Å². The Morgan fingerprint density at radius 2 is 2.19 bits per heavy atom. The van der Waals surface area contributed by atoms with Gasteiger partial charge in [0.25, 0.3) is 0 Å². The summed E-state index contributed by atoms with van der Waals surface area (Å²) in [6.07, 6.45) is 0.840. The van der Waals surface area contributed by atoms with Gasteiger partial charge in [-0.05, 0) is 13.3 Å². The van der Waals surface area contributed by atoms with Gasteiger partial charge in [0.2, 0.25) is 0 Å². The first-order chi connectivity index (χ1) is 10.2. The topological polar surface area (TPSA) is 70.8 Å². The molecule has 0 bridgehead atoms. The van der Waals surface area contributed by atoms with Crippen molar-refractivity contribution in [2.45, 2.75) is 19.9 Å². The molecule has 7 heteroatoms. The molecule has 0 aromatic carbocycles. The monoisotopic (exact) mass is 296 g/mol. The number of ether oxygens (including phenoxy) is 1. The molecule has 1 aliphatic heterocycles. The SMILES string of the molecule is COCCCNC(=O)N1CCN(Cc2cc(C)no2)CC1. The molecular formula is C14H24N4O3. The minimum atomic E-state index is 0.0151. The lowest BCUT2D eigenvalue weighted by atomic mass is 10.3. The summed E-state index contributed by atoms with van der Waals surface area (Å²) in [5.74, 6) is 0.880. The fourth-order valence-corrected chi connectivity index (χ4v) is 2.34. The second-order valence-electron chi connectivity index (χ2n) is 5.28. The summed E-state index contributed by atoms with van der Waals surface area (Å²) in [4.78, 5) is 16.1. The molecule has 0 saturated carbocycles. The van der Waals surface area contributed by atoms with Crippen LogP contribution in [0.1, 0.15) is 17.9 Å². The van der Waals surface area contributed by atoms with E-state index in [1.807, 2.05) is 17.9 Å². The van der Waals surface area contributed by atoms with E-state index in [1.165, 1.54) is 0 Å². The quantitative estimate of drug-likeness (QED) is 0.788. The second-order valence-corrected chi connectivity index (χ2v) is 5.28. The third-order valence-corrected chi connectivity index (χ3v) is 3.52. The highest BCUT2D eigenvalue weighted by atomic mass is 16.5. The van der Waals surface area contributed by atoms with E-state index in [9.17, 15) is 4.79 Å². The van der Waals surface area contributed by atoms with Crippen molar-refractivity contribution in [1.82, 2.24) is 20.3 Å². The number of rotatable bonds is 6. The molecule has 1 fully saturated rings. The van der Waals surface area contributed by atoms with E-state index >= 15 is 0 Å². The van der Waals surface area contributed by atoms with Crippen LogP contribution in [-0.4, -0.2) is 67.4 Å². The van der Waals surface area contributed by atoms with E-state index in [-0.39, 0.29) is 6.03 Å². The predicted octanol–water partition coefficient (Wildman–Crippen LogP) is 0.847. The van der Waals surface area contributed by atoms with E-state index in [0.29, 0.717) is 13.2 Å². The number of aryl methyl sites for hydroxylation is 1. The summed E-state index contributed by atoms with van der Waals surface area (Å²) >= 11 is 0. The summed E-state index contributed by atoms with van der Waals surface area (Å²) in [7, 11) is 1.66. The largest absolute Gasteiger partial charge is 0.385 e. The molecule has 1 aromatic rings. The number of amides is 2. The minimum absolute atomic E-state index is 0.0151. The van der Waals surface area contributed by atoms with Crippen LogP contribution >= 0.6 is 0 Å². The molecule has 0 aliphatic carbocycles. The van der Waals surface area contributed by atoms with Crippen LogP contribution in [0.2, 0.25) is 0 Å². The first-order valence-corrected chi connectivity index (χ1v) is 7.35. The molecular weight excluding hydrogens is 272 g/mol. The number of hydrogen-bond acceptors (Lipinski definition) is 5. The van der Waals surface area contributed by atoms with Crippen LogP contribution in [0.3, 0.4) is 0 Å². The lowest BCUT2D eigenvalue weighted by molar-refractivity contribution is 0.127. The van der Waals surface area contributed by atoms with Crippen molar-refractivity contribution in [2.24, 2.45) is 0 Å². The Kier molecular flexibility index (Phi) is 6.01. The minimum Gasteiger partial charge on any atom is -0.385 e. The van der Waals surface area contributed by atoms with Crippen LogP contribution in [0.15, 0.2) is 10.6 Å². The summed E-state index contributed by atoms with van der Waals surface area (Å²) < 4.78 is 10.2. The Bertz CT molecular complexity index is 441. The zero-order valence-electron chi connectivity index (χ0n) is 12.8. The van der Waals surface area contributed by atoms with Crippen molar-refractivity contribution in [2.75, 3.05) is 46.4 Å². The van der Waals surface area contributed by atoms with Gasteiger partial charge in [0.15, 0.2) is 5.76 Å². The normalized spacial score (nSPS) is 16.2. The standard InChI is InChI=1S/C14H24N4O3/c1-12-10-13(21-16-12)11-17-5-7-18(8-6-17)14(19)15-4-3-9-20-2/h10H,3-9,11H2,1-2H3,(H,15,19). The fourth-order valence-electron chi connectivity index (χ4n) is 2.34. The Hall–Kier alpha value is -1.60. The average Bonchev–Trinajstić information content (AvgIpc) is 2.89. The van der Waals surface area contributed by atoms with Crippen LogP contribution in [0.25, 0.3) is 0 Å². The number of carbonyl (C=O) groups is 1. The first-order valence-electron chi connectivity index (χ1n) is 7.35. The highest BCUT2D eigenvalue weighted by Crippen LogP contribution is 2.09. The van der Waals surface area contributed by atoms with Gasteiger partial charge in [-0.2, -0.15) is 0 Å². The molecule has 1 N–H and O–H groups in total. The number of urea groups is 1. The molecule has 0 radical (unpaired) electrons. The molecule has 1 aromatic heterocycles. The van der Waals surface area contributed by atoms with Gasteiger partial charge in [-0.25, -0.2) is 4.79 Å². The number of nitrogens with one attached hydrogen (secondary N) is 1. The van der Waals surface area contributed by atoms with Crippen molar-refractivity contribution >= 4 is 6.03 Å². The highest BCUT2D eigenvalue weighted by molar-refractivity contribution is 5.74. The number of piperazine rings is 1. The lowest BCUT2D eigenvalue weighted by Gasteiger charge is -2.34. The lowest BCUT2D eigenvalue weighted by Crippen LogP contribution is -2.51. The van der Waals surface area contributed by atoms with Gasteiger partial charge >= 0.3 is 6.03 Å². The third-order valence-electron chi connectivity index (χ3n) is 3.52. The molecule has 1 aliphatic rings. The van der Waals surface area contributed by atoms with Gasteiger partial charge in [-0.15, -0.1) is 0 Å². The van der Waals surface area contributed by atoms with Crippen LogP contribution in [0.5, 0.6) is 0 Å². The van der Waals surface area contributed by atoms with E-state index < -0.39 is 0 Å². The van der Waals surface area contributed by atoms with Gasteiger partial charge < -0.3 is 19.5 Å². The molecule has 2 amide bonds. The molecule has 118 valence electrons. The third kappa shape index (κ3) is 5.02. The first kappa shape index (κ1) is 15.8. The van der Waals surface area contributed by atoms with Gasteiger partial charge in [0.05, 0.1) is 12.2 Å². The maximum Gasteiger partial charge on any atom is 0.317 e. The zero-order valence-corrected chi connectivity index (χ0v) is 12.8. The molecule has 0 atom stereocenters. The van der Waals surface area contributed by atoms with Crippen molar-refractivity contribution < 1.29 is 14.1 Å². The van der Waals surface area contributed by atoms with Crippen LogP contribution in [-0.2, 0) is 11.3 Å². The van der Waals surface area contributed by atoms with Crippen molar-refractivity contribution in [1.29, 1.82) is 0 Å². The molecule has 1 saturated heterocycles. The van der Waals surface area contributed by atoms with Gasteiger partial charge in [0.1, 0.15) is 0 Å². The molecule has 7 nitrogen and oxygen atoms in total.